The van der Waals surface area contributed by atoms with Crippen LogP contribution in [0.5, 0.6) is 0 Å². The number of allylic oxidation sites excluding steroid dienone is 2. The van der Waals surface area contributed by atoms with Crippen molar-refractivity contribution < 1.29 is 19.7 Å². The summed E-state index contributed by atoms with van der Waals surface area (Å²) in [4.78, 5) is 4.57. The number of thiazole rings is 1. The molecule has 7 rings (SSSR count). The van der Waals surface area contributed by atoms with Crippen molar-refractivity contribution in [3.63, 3.8) is 0 Å². The second-order valence-electron chi connectivity index (χ2n) is 15.0. The standard InChI is InChI=1S/C36H47NO4S/c1-23-37-26(19-42-23)7-5-6-24-8-10-25(11-9-24)28-18-34(4)29(12-13-31(34)38)27-14-16-35(39)20-36(17-15-30(35)32(27)28)40-21-33(2,3)22-41-36/h5-6,8-11,19,27-29,31,38-39H,7,12-18,20-22H2,1-4H3/b6-5+/t27?,28-,29?,31?,34?,35?/m1/s1. The highest BCUT2D eigenvalue weighted by Crippen LogP contribution is 2.65. The van der Waals surface area contributed by atoms with Crippen molar-refractivity contribution >= 4 is 17.4 Å². The van der Waals surface area contributed by atoms with E-state index in [2.05, 4.69) is 67.6 Å². The maximum absolute atomic E-state index is 12.4. The first kappa shape index (κ1) is 28.9. The zero-order valence-electron chi connectivity index (χ0n) is 25.7. The number of ether oxygens (including phenoxy) is 2. The molecule has 0 radical (unpaired) electrons. The molecule has 2 heterocycles. The number of rotatable bonds is 4. The molecule has 226 valence electrons. The van der Waals surface area contributed by atoms with E-state index in [1.165, 1.54) is 22.3 Å². The Labute approximate surface area is 255 Å². The zero-order chi connectivity index (χ0) is 29.3. The molecule has 42 heavy (non-hydrogen) atoms. The SMILES string of the molecule is Cc1nc(C/C=C/c2ccc([C@H]3CC4(C)C(O)CCC4C4CCC5(O)CC6(CCC5=C43)OCC(C)(C)CO6)cc2)cs1. The highest BCUT2D eigenvalue weighted by molar-refractivity contribution is 7.09. The minimum atomic E-state index is -0.883. The molecule has 1 aromatic heterocycles. The molecule has 6 heteroatoms. The molecule has 5 unspecified atom stereocenters. The lowest BCUT2D eigenvalue weighted by molar-refractivity contribution is -0.322. The van der Waals surface area contributed by atoms with Crippen LogP contribution in [0.3, 0.4) is 0 Å². The first-order valence-electron chi connectivity index (χ1n) is 16.1. The number of hydrogen-bond donors (Lipinski definition) is 2. The number of nitrogens with zero attached hydrogens (tertiary/aromatic N) is 1. The van der Waals surface area contributed by atoms with E-state index in [4.69, 9.17) is 9.47 Å². The first-order chi connectivity index (χ1) is 20.0. The van der Waals surface area contributed by atoms with E-state index in [0.29, 0.717) is 31.5 Å². The lowest BCUT2D eigenvalue weighted by Crippen LogP contribution is -2.57. The summed E-state index contributed by atoms with van der Waals surface area (Å²) in [5, 5.41) is 26.9. The maximum Gasteiger partial charge on any atom is 0.171 e. The molecule has 4 aliphatic carbocycles. The van der Waals surface area contributed by atoms with Gasteiger partial charge in [-0.1, -0.05) is 62.8 Å². The van der Waals surface area contributed by atoms with Gasteiger partial charge in [-0.15, -0.1) is 11.3 Å². The Morgan fingerprint density at radius 3 is 2.52 bits per heavy atom. The fourth-order valence-corrected chi connectivity index (χ4v) is 9.81. The highest BCUT2D eigenvalue weighted by atomic mass is 32.1. The first-order valence-corrected chi connectivity index (χ1v) is 17.0. The number of benzene rings is 1. The van der Waals surface area contributed by atoms with E-state index in [9.17, 15) is 10.2 Å². The molecule has 1 spiro atoms. The van der Waals surface area contributed by atoms with Gasteiger partial charge in [0.15, 0.2) is 5.79 Å². The van der Waals surface area contributed by atoms with E-state index in [-0.39, 0.29) is 22.9 Å². The molecule has 2 aromatic rings. The second-order valence-corrected chi connectivity index (χ2v) is 16.1. The topological polar surface area (TPSA) is 71.8 Å². The molecule has 4 fully saturated rings. The summed E-state index contributed by atoms with van der Waals surface area (Å²) in [6, 6.07) is 9.04. The summed E-state index contributed by atoms with van der Waals surface area (Å²) in [7, 11) is 0. The molecule has 5 nitrogen and oxygen atoms in total. The van der Waals surface area contributed by atoms with Crippen LogP contribution in [-0.4, -0.2) is 45.9 Å². The summed E-state index contributed by atoms with van der Waals surface area (Å²) in [6.45, 7) is 10.1. The van der Waals surface area contributed by atoms with E-state index in [1.807, 2.05) is 6.92 Å². The molecule has 0 bridgehead atoms. The summed E-state index contributed by atoms with van der Waals surface area (Å²) in [5.41, 5.74) is 5.40. The number of aryl methyl sites for hydroxylation is 1. The van der Waals surface area contributed by atoms with Crippen molar-refractivity contribution in [3.8, 4) is 0 Å². The fourth-order valence-electron chi connectivity index (χ4n) is 9.18. The van der Waals surface area contributed by atoms with E-state index >= 15 is 0 Å². The third kappa shape index (κ3) is 4.95. The predicted octanol–water partition coefficient (Wildman–Crippen LogP) is 7.36. The van der Waals surface area contributed by atoms with Gasteiger partial charge in [-0.3, -0.25) is 0 Å². The second kappa shape index (κ2) is 10.4. The Morgan fingerprint density at radius 2 is 1.81 bits per heavy atom. The number of fused-ring (bicyclic) bond motifs is 4. The van der Waals surface area contributed by atoms with Crippen molar-refractivity contribution in [2.75, 3.05) is 13.2 Å². The summed E-state index contributed by atoms with van der Waals surface area (Å²) >= 11 is 1.70. The average Bonchev–Trinajstić information content (AvgIpc) is 3.51. The number of hydrogen-bond acceptors (Lipinski definition) is 6. The van der Waals surface area contributed by atoms with Gasteiger partial charge in [-0.25, -0.2) is 4.98 Å². The van der Waals surface area contributed by atoms with Crippen LogP contribution in [0.25, 0.3) is 6.08 Å². The smallest absolute Gasteiger partial charge is 0.171 e. The molecule has 6 atom stereocenters. The fraction of sp³-hybridized carbons (Fsp3) is 0.639. The minimum Gasteiger partial charge on any atom is -0.393 e. The minimum absolute atomic E-state index is 0.00762. The molecule has 3 saturated carbocycles. The highest BCUT2D eigenvalue weighted by Gasteiger charge is 2.60. The normalized spacial score (nSPS) is 37.1. The van der Waals surface area contributed by atoms with Gasteiger partial charge >= 0.3 is 0 Å². The van der Waals surface area contributed by atoms with Gasteiger partial charge in [-0.05, 0) is 79.4 Å². The molecule has 0 amide bonds. The van der Waals surface area contributed by atoms with Crippen LogP contribution in [-0.2, 0) is 15.9 Å². The van der Waals surface area contributed by atoms with Crippen LogP contribution >= 0.6 is 11.3 Å². The lowest BCUT2D eigenvalue weighted by Gasteiger charge is -2.57. The van der Waals surface area contributed by atoms with Gasteiger partial charge in [0.25, 0.3) is 0 Å². The Bertz CT molecular complexity index is 1380. The summed E-state index contributed by atoms with van der Waals surface area (Å²) < 4.78 is 12.8. The molecule has 5 aliphatic rings. The zero-order valence-corrected chi connectivity index (χ0v) is 26.5. The van der Waals surface area contributed by atoms with Crippen LogP contribution in [0.2, 0.25) is 0 Å². The predicted molar refractivity (Wildman–Crippen MR) is 167 cm³/mol. The Morgan fingerprint density at radius 1 is 1.05 bits per heavy atom. The summed E-state index contributed by atoms with van der Waals surface area (Å²) in [6.07, 6.45) is 11.8. The van der Waals surface area contributed by atoms with E-state index < -0.39 is 11.4 Å². The third-order valence-electron chi connectivity index (χ3n) is 11.5. The number of aliphatic hydroxyl groups excluding tert-OH is 1. The Kier molecular flexibility index (Phi) is 7.14. The van der Waals surface area contributed by atoms with Crippen LogP contribution in [0.15, 0.2) is 46.9 Å². The van der Waals surface area contributed by atoms with E-state index in [0.717, 1.165) is 62.1 Å². The van der Waals surface area contributed by atoms with Gasteiger partial charge in [0.05, 0.1) is 35.6 Å². The third-order valence-corrected chi connectivity index (χ3v) is 12.3. The van der Waals surface area contributed by atoms with E-state index in [1.54, 1.807) is 11.3 Å². The molecule has 1 aliphatic heterocycles. The number of aliphatic hydroxyl groups is 2. The quantitative estimate of drug-likeness (QED) is 0.365. The van der Waals surface area contributed by atoms with Crippen LogP contribution < -0.4 is 0 Å². The number of aromatic nitrogens is 1. The molecular weight excluding hydrogens is 542 g/mol. The Balaban J connectivity index is 1.20. The van der Waals surface area contributed by atoms with Crippen molar-refractivity contribution in [1.82, 2.24) is 4.98 Å². The maximum atomic E-state index is 12.4. The monoisotopic (exact) mass is 589 g/mol. The van der Waals surface area contributed by atoms with Crippen LogP contribution in [0.1, 0.15) is 99.9 Å². The van der Waals surface area contributed by atoms with Crippen LogP contribution in [0.4, 0.5) is 0 Å². The Hall–Kier alpha value is -1.83. The van der Waals surface area contributed by atoms with Gasteiger partial charge in [0.1, 0.15) is 0 Å². The average molecular weight is 590 g/mol. The van der Waals surface area contributed by atoms with Gasteiger partial charge in [0.2, 0.25) is 0 Å². The van der Waals surface area contributed by atoms with Crippen LogP contribution in [0, 0.1) is 29.6 Å². The largest absolute Gasteiger partial charge is 0.393 e. The van der Waals surface area contributed by atoms with Gasteiger partial charge in [-0.2, -0.15) is 0 Å². The van der Waals surface area contributed by atoms with Crippen molar-refractivity contribution in [2.45, 2.75) is 109 Å². The molecular formula is C36H47NO4S. The lowest BCUT2D eigenvalue weighted by atomic mass is 9.51. The van der Waals surface area contributed by atoms with Gasteiger partial charge < -0.3 is 19.7 Å². The molecule has 1 aromatic carbocycles. The van der Waals surface area contributed by atoms with Crippen molar-refractivity contribution in [3.05, 3.63) is 68.7 Å². The molecule has 1 saturated heterocycles. The van der Waals surface area contributed by atoms with Crippen molar-refractivity contribution in [1.29, 1.82) is 0 Å². The molecule has 2 N–H and O–H groups in total. The van der Waals surface area contributed by atoms with Gasteiger partial charge in [0, 0.05) is 36.0 Å². The summed E-state index contributed by atoms with van der Waals surface area (Å²) in [5.74, 6) is 0.437. The van der Waals surface area contributed by atoms with Crippen molar-refractivity contribution in [2.24, 2.45) is 22.7 Å².